The van der Waals surface area contributed by atoms with Crippen molar-refractivity contribution in [2.45, 2.75) is 13.3 Å². The van der Waals surface area contributed by atoms with Crippen molar-refractivity contribution in [2.75, 3.05) is 50.1 Å². The third-order valence-corrected chi connectivity index (χ3v) is 5.17. The first-order valence-electron chi connectivity index (χ1n) is 9.22. The summed E-state index contributed by atoms with van der Waals surface area (Å²) in [6, 6.07) is 13.7. The number of anilines is 2. The molecule has 0 spiro atoms. The average Bonchev–Trinajstić information content (AvgIpc) is 2.70. The highest BCUT2D eigenvalue weighted by molar-refractivity contribution is 6.31. The van der Waals surface area contributed by atoms with E-state index in [9.17, 15) is 4.79 Å². The number of aryl methyl sites for hydroxylation is 1. The molecule has 3 rings (SSSR count). The minimum absolute atomic E-state index is 0.0259. The van der Waals surface area contributed by atoms with Crippen LogP contribution in [0.2, 0.25) is 5.02 Å². The van der Waals surface area contributed by atoms with E-state index in [0.717, 1.165) is 49.7 Å². The number of piperazine rings is 1. The predicted octanol–water partition coefficient (Wildman–Crippen LogP) is 3.81. The molecule has 1 amide bonds. The molecule has 0 aliphatic carbocycles. The van der Waals surface area contributed by atoms with E-state index in [-0.39, 0.29) is 5.91 Å². The van der Waals surface area contributed by atoms with Gasteiger partial charge >= 0.3 is 0 Å². The number of methoxy groups -OCH3 is 1. The van der Waals surface area contributed by atoms with Crippen LogP contribution in [0.1, 0.15) is 12.0 Å². The molecular formula is C21H26ClN3O2. The van der Waals surface area contributed by atoms with E-state index in [1.165, 1.54) is 5.69 Å². The quantitative estimate of drug-likeness (QED) is 0.818. The van der Waals surface area contributed by atoms with Gasteiger partial charge in [-0.25, -0.2) is 0 Å². The molecule has 0 radical (unpaired) electrons. The van der Waals surface area contributed by atoms with E-state index in [1.54, 1.807) is 13.2 Å². The van der Waals surface area contributed by atoms with E-state index < -0.39 is 0 Å². The molecule has 144 valence electrons. The van der Waals surface area contributed by atoms with Gasteiger partial charge in [-0.1, -0.05) is 17.7 Å². The van der Waals surface area contributed by atoms with Gasteiger partial charge < -0.3 is 15.0 Å². The maximum absolute atomic E-state index is 12.3. The van der Waals surface area contributed by atoms with Gasteiger partial charge in [-0.15, -0.1) is 0 Å². The van der Waals surface area contributed by atoms with Crippen LogP contribution in [-0.4, -0.2) is 50.6 Å². The van der Waals surface area contributed by atoms with Crippen molar-refractivity contribution in [3.8, 4) is 5.75 Å². The van der Waals surface area contributed by atoms with E-state index in [4.69, 9.17) is 16.3 Å². The summed E-state index contributed by atoms with van der Waals surface area (Å²) in [6.45, 7) is 6.56. The van der Waals surface area contributed by atoms with Gasteiger partial charge in [0.25, 0.3) is 0 Å². The smallest absolute Gasteiger partial charge is 0.225 e. The van der Waals surface area contributed by atoms with Gasteiger partial charge in [0, 0.05) is 55.5 Å². The number of nitrogens with one attached hydrogen (secondary N) is 1. The van der Waals surface area contributed by atoms with Gasteiger partial charge in [0.1, 0.15) is 5.75 Å². The number of benzene rings is 2. The van der Waals surface area contributed by atoms with Crippen LogP contribution in [-0.2, 0) is 4.79 Å². The maximum atomic E-state index is 12.3. The molecule has 2 aromatic carbocycles. The zero-order valence-electron chi connectivity index (χ0n) is 15.9. The number of carbonyl (C=O) groups excluding carboxylic acids is 1. The largest absolute Gasteiger partial charge is 0.497 e. The topological polar surface area (TPSA) is 44.8 Å². The minimum Gasteiger partial charge on any atom is -0.497 e. The highest BCUT2D eigenvalue weighted by Gasteiger charge is 2.18. The molecule has 1 heterocycles. The lowest BCUT2D eigenvalue weighted by atomic mass is 10.2. The Morgan fingerprint density at radius 1 is 1.11 bits per heavy atom. The summed E-state index contributed by atoms with van der Waals surface area (Å²) in [7, 11) is 1.68. The number of rotatable bonds is 6. The molecule has 1 aliphatic heterocycles. The van der Waals surface area contributed by atoms with E-state index in [1.807, 2.05) is 31.2 Å². The third-order valence-electron chi connectivity index (χ3n) is 4.94. The van der Waals surface area contributed by atoms with Gasteiger partial charge in [-0.3, -0.25) is 9.69 Å². The van der Waals surface area contributed by atoms with Gasteiger partial charge in [0.2, 0.25) is 5.91 Å². The summed E-state index contributed by atoms with van der Waals surface area (Å²) in [5, 5.41) is 3.59. The lowest BCUT2D eigenvalue weighted by Crippen LogP contribution is -2.47. The molecule has 5 nitrogen and oxygen atoms in total. The Morgan fingerprint density at radius 3 is 2.48 bits per heavy atom. The first-order chi connectivity index (χ1) is 13.0. The second-order valence-corrected chi connectivity index (χ2v) is 7.22. The molecule has 6 heteroatoms. The molecule has 1 fully saturated rings. The Labute approximate surface area is 165 Å². The second-order valence-electron chi connectivity index (χ2n) is 6.78. The Kier molecular flexibility index (Phi) is 6.58. The Bertz CT molecular complexity index is 771. The number of hydrogen-bond acceptors (Lipinski definition) is 4. The number of carbonyl (C=O) groups is 1. The third kappa shape index (κ3) is 5.37. The molecule has 0 atom stereocenters. The summed E-state index contributed by atoms with van der Waals surface area (Å²) in [5.41, 5.74) is 3.02. The van der Waals surface area contributed by atoms with Crippen molar-refractivity contribution in [1.82, 2.24) is 4.90 Å². The Hall–Kier alpha value is -2.24. The van der Waals surface area contributed by atoms with E-state index >= 15 is 0 Å². The average molecular weight is 388 g/mol. The molecular weight excluding hydrogens is 362 g/mol. The highest BCUT2D eigenvalue weighted by atomic mass is 35.5. The van der Waals surface area contributed by atoms with Crippen LogP contribution < -0.4 is 15.0 Å². The first kappa shape index (κ1) is 19.5. The van der Waals surface area contributed by atoms with Gasteiger partial charge in [0.15, 0.2) is 0 Å². The molecule has 1 aliphatic rings. The number of nitrogens with zero attached hydrogens (tertiary/aromatic N) is 2. The van der Waals surface area contributed by atoms with Crippen LogP contribution in [0.25, 0.3) is 0 Å². The standard InChI is InChI=1S/C21H26ClN3O2/c1-16-3-4-17(22)15-20(16)23-21(26)9-10-24-11-13-25(14-12-24)18-5-7-19(27-2)8-6-18/h3-8,15H,9-14H2,1-2H3,(H,23,26). The van der Waals surface area contributed by atoms with Crippen LogP contribution in [0.15, 0.2) is 42.5 Å². The van der Waals surface area contributed by atoms with Crippen LogP contribution >= 0.6 is 11.6 Å². The van der Waals surface area contributed by atoms with Crippen molar-refractivity contribution in [2.24, 2.45) is 0 Å². The van der Waals surface area contributed by atoms with E-state index in [0.29, 0.717) is 11.4 Å². The molecule has 27 heavy (non-hydrogen) atoms. The SMILES string of the molecule is COc1ccc(N2CCN(CCC(=O)Nc3cc(Cl)ccc3C)CC2)cc1. The predicted molar refractivity (Wildman–Crippen MR) is 111 cm³/mol. The number of amides is 1. The van der Waals surface area contributed by atoms with Crippen LogP contribution in [0, 0.1) is 6.92 Å². The first-order valence-corrected chi connectivity index (χ1v) is 9.60. The number of halogens is 1. The molecule has 1 N–H and O–H groups in total. The lowest BCUT2D eigenvalue weighted by Gasteiger charge is -2.36. The van der Waals surface area contributed by atoms with Crippen molar-refractivity contribution >= 4 is 28.9 Å². The molecule has 1 saturated heterocycles. The maximum Gasteiger partial charge on any atom is 0.225 e. The molecule has 0 saturated carbocycles. The van der Waals surface area contributed by atoms with Crippen LogP contribution in [0.3, 0.4) is 0 Å². The Balaban J connectivity index is 1.43. The fourth-order valence-electron chi connectivity index (χ4n) is 3.22. The summed E-state index contributed by atoms with van der Waals surface area (Å²) in [6.07, 6.45) is 0.481. The highest BCUT2D eigenvalue weighted by Crippen LogP contribution is 2.21. The fourth-order valence-corrected chi connectivity index (χ4v) is 3.40. The fraction of sp³-hybridized carbons (Fsp3) is 0.381. The molecule has 2 aromatic rings. The summed E-state index contributed by atoms with van der Waals surface area (Å²) in [5.74, 6) is 0.899. The zero-order chi connectivity index (χ0) is 19.2. The van der Waals surface area contributed by atoms with Gasteiger partial charge in [-0.05, 0) is 48.9 Å². The van der Waals surface area contributed by atoms with Crippen molar-refractivity contribution in [3.63, 3.8) is 0 Å². The van der Waals surface area contributed by atoms with Crippen LogP contribution in [0.4, 0.5) is 11.4 Å². The number of ether oxygens (including phenoxy) is 1. The second kappa shape index (κ2) is 9.11. The minimum atomic E-state index is 0.0259. The van der Waals surface area contributed by atoms with Gasteiger partial charge in [-0.2, -0.15) is 0 Å². The van der Waals surface area contributed by atoms with Crippen molar-refractivity contribution in [1.29, 1.82) is 0 Å². The molecule has 0 aromatic heterocycles. The summed E-state index contributed by atoms with van der Waals surface area (Å²) >= 11 is 6.01. The lowest BCUT2D eigenvalue weighted by molar-refractivity contribution is -0.116. The Morgan fingerprint density at radius 2 is 1.81 bits per heavy atom. The molecule has 0 bridgehead atoms. The summed E-state index contributed by atoms with van der Waals surface area (Å²) in [4.78, 5) is 17.0. The van der Waals surface area contributed by atoms with Crippen molar-refractivity contribution in [3.05, 3.63) is 53.1 Å². The van der Waals surface area contributed by atoms with E-state index in [2.05, 4.69) is 27.2 Å². The van der Waals surface area contributed by atoms with Gasteiger partial charge in [0.05, 0.1) is 7.11 Å². The normalized spacial score (nSPS) is 14.9. The monoisotopic (exact) mass is 387 g/mol. The van der Waals surface area contributed by atoms with Crippen molar-refractivity contribution < 1.29 is 9.53 Å². The zero-order valence-corrected chi connectivity index (χ0v) is 16.6. The summed E-state index contributed by atoms with van der Waals surface area (Å²) < 4.78 is 5.21. The van der Waals surface area contributed by atoms with Crippen LogP contribution in [0.5, 0.6) is 5.75 Å². The molecule has 0 unspecified atom stereocenters. The number of hydrogen-bond donors (Lipinski definition) is 1.